The molecule has 1 N–H and O–H groups in total. The predicted octanol–water partition coefficient (Wildman–Crippen LogP) is 2.87. The monoisotopic (exact) mass is 375 g/mol. The lowest BCUT2D eigenvalue weighted by atomic mass is 9.81. The van der Waals surface area contributed by atoms with Gasteiger partial charge in [-0.25, -0.2) is 14.8 Å². The number of anilines is 1. The van der Waals surface area contributed by atoms with E-state index in [0.717, 1.165) is 34.4 Å². The molecule has 0 amide bonds. The topological polar surface area (TPSA) is 92.6 Å². The van der Waals surface area contributed by atoms with Crippen LogP contribution in [0.15, 0.2) is 6.33 Å². The van der Waals surface area contributed by atoms with Crippen LogP contribution in [0, 0.1) is 18.3 Å². The van der Waals surface area contributed by atoms with Gasteiger partial charge in [0.1, 0.15) is 21.9 Å². The van der Waals surface area contributed by atoms with Gasteiger partial charge in [-0.3, -0.25) is 4.79 Å². The number of carbonyl (C=O) groups excluding carboxylic acids is 1. The van der Waals surface area contributed by atoms with E-state index in [1.165, 1.54) is 17.7 Å². The summed E-state index contributed by atoms with van der Waals surface area (Å²) in [5.41, 5.74) is 0.131. The SMILES string of the molecule is CCOC(=O)c1sc2ncnc(N3C[C@@H]4CCC[C@@]4(C(=O)O)C3)c2c1C. The number of nitrogens with zero attached hydrogens (tertiary/aromatic N) is 3. The molecule has 7 nitrogen and oxygen atoms in total. The van der Waals surface area contributed by atoms with Crippen LogP contribution in [0.4, 0.5) is 5.82 Å². The van der Waals surface area contributed by atoms with Gasteiger partial charge in [-0.05, 0) is 38.2 Å². The molecule has 2 aromatic rings. The van der Waals surface area contributed by atoms with Gasteiger partial charge in [0.25, 0.3) is 0 Å². The van der Waals surface area contributed by atoms with E-state index in [4.69, 9.17) is 4.74 Å². The van der Waals surface area contributed by atoms with Crippen LogP contribution in [-0.4, -0.2) is 46.7 Å². The van der Waals surface area contributed by atoms with Crippen molar-refractivity contribution in [2.75, 3.05) is 24.6 Å². The van der Waals surface area contributed by atoms with Gasteiger partial charge in [0.2, 0.25) is 0 Å². The van der Waals surface area contributed by atoms with E-state index >= 15 is 0 Å². The normalized spacial score (nSPS) is 24.8. The minimum Gasteiger partial charge on any atom is -0.481 e. The number of rotatable bonds is 4. The minimum absolute atomic E-state index is 0.147. The fourth-order valence-electron chi connectivity index (χ4n) is 4.48. The molecule has 2 aromatic heterocycles. The average Bonchev–Trinajstić information content (AvgIpc) is 3.26. The Kier molecular flexibility index (Phi) is 4.10. The van der Waals surface area contributed by atoms with Gasteiger partial charge in [0.15, 0.2) is 0 Å². The molecule has 0 bridgehead atoms. The van der Waals surface area contributed by atoms with Gasteiger partial charge in [-0.15, -0.1) is 11.3 Å². The van der Waals surface area contributed by atoms with Gasteiger partial charge in [0, 0.05) is 13.1 Å². The molecule has 1 saturated heterocycles. The van der Waals surface area contributed by atoms with Crippen molar-refractivity contribution in [1.82, 2.24) is 9.97 Å². The Morgan fingerprint density at radius 2 is 2.27 bits per heavy atom. The second kappa shape index (κ2) is 6.19. The number of fused-ring (bicyclic) bond motifs is 2. The third kappa shape index (κ3) is 2.39. The molecule has 1 saturated carbocycles. The van der Waals surface area contributed by atoms with Crippen LogP contribution in [0.25, 0.3) is 10.2 Å². The van der Waals surface area contributed by atoms with E-state index in [9.17, 15) is 14.7 Å². The summed E-state index contributed by atoms with van der Waals surface area (Å²) >= 11 is 1.30. The van der Waals surface area contributed by atoms with E-state index in [-0.39, 0.29) is 11.9 Å². The zero-order chi connectivity index (χ0) is 18.5. The van der Waals surface area contributed by atoms with Gasteiger partial charge < -0.3 is 14.7 Å². The van der Waals surface area contributed by atoms with Crippen molar-refractivity contribution in [3.05, 3.63) is 16.8 Å². The minimum atomic E-state index is -0.706. The van der Waals surface area contributed by atoms with Crippen LogP contribution in [-0.2, 0) is 9.53 Å². The number of thiophene rings is 1. The van der Waals surface area contributed by atoms with Crippen LogP contribution in [0.3, 0.4) is 0 Å². The lowest BCUT2D eigenvalue weighted by molar-refractivity contribution is -0.149. The molecule has 0 aromatic carbocycles. The molecule has 4 rings (SSSR count). The van der Waals surface area contributed by atoms with Crippen LogP contribution in [0.2, 0.25) is 0 Å². The van der Waals surface area contributed by atoms with Crippen LogP contribution < -0.4 is 4.90 Å². The van der Waals surface area contributed by atoms with Crippen LogP contribution >= 0.6 is 11.3 Å². The zero-order valence-electron chi connectivity index (χ0n) is 14.8. The van der Waals surface area contributed by atoms with Crippen molar-refractivity contribution in [1.29, 1.82) is 0 Å². The Bertz CT molecular complexity index is 896. The molecule has 2 fully saturated rings. The van der Waals surface area contributed by atoms with E-state index in [0.29, 0.717) is 31.0 Å². The summed E-state index contributed by atoms with van der Waals surface area (Å²) in [6.07, 6.45) is 4.11. The van der Waals surface area contributed by atoms with E-state index in [1.54, 1.807) is 6.92 Å². The number of aryl methyl sites for hydroxylation is 1. The molecular weight excluding hydrogens is 354 g/mol. The number of aliphatic carboxylic acids is 1. The molecule has 1 aliphatic heterocycles. The van der Waals surface area contributed by atoms with Crippen molar-refractivity contribution in [2.45, 2.75) is 33.1 Å². The maximum atomic E-state index is 12.2. The third-order valence-electron chi connectivity index (χ3n) is 5.76. The molecule has 138 valence electrons. The van der Waals surface area contributed by atoms with Gasteiger partial charge in [-0.2, -0.15) is 0 Å². The summed E-state index contributed by atoms with van der Waals surface area (Å²) in [4.78, 5) is 36.3. The van der Waals surface area contributed by atoms with Crippen molar-refractivity contribution >= 4 is 39.3 Å². The molecule has 0 unspecified atom stereocenters. The van der Waals surface area contributed by atoms with E-state index in [1.807, 2.05) is 6.92 Å². The molecule has 26 heavy (non-hydrogen) atoms. The standard InChI is InChI=1S/C18H21N3O4S/c1-3-25-16(22)13-10(2)12-14(19-9-20-15(12)26-13)21-7-11-5-4-6-18(11,8-21)17(23)24/h9,11H,3-8H2,1-2H3,(H,23,24)/t11-,18+/m0/s1. The van der Waals surface area contributed by atoms with Gasteiger partial charge in [-0.1, -0.05) is 6.42 Å². The number of carboxylic acids is 1. The molecule has 2 atom stereocenters. The maximum Gasteiger partial charge on any atom is 0.348 e. The van der Waals surface area contributed by atoms with E-state index < -0.39 is 11.4 Å². The maximum absolute atomic E-state index is 12.2. The van der Waals surface area contributed by atoms with Crippen molar-refractivity contribution in [3.8, 4) is 0 Å². The zero-order valence-corrected chi connectivity index (χ0v) is 15.6. The first-order valence-electron chi connectivity index (χ1n) is 8.87. The first-order valence-corrected chi connectivity index (χ1v) is 9.69. The van der Waals surface area contributed by atoms with Crippen molar-refractivity contribution in [3.63, 3.8) is 0 Å². The highest BCUT2D eigenvalue weighted by atomic mass is 32.1. The highest BCUT2D eigenvalue weighted by Gasteiger charge is 2.55. The summed E-state index contributed by atoms with van der Waals surface area (Å²) in [5, 5.41) is 10.7. The summed E-state index contributed by atoms with van der Waals surface area (Å²) in [5.74, 6) is -0.177. The van der Waals surface area contributed by atoms with Gasteiger partial charge in [0.05, 0.1) is 17.4 Å². The predicted molar refractivity (Wildman–Crippen MR) is 97.7 cm³/mol. The van der Waals surface area contributed by atoms with E-state index in [2.05, 4.69) is 14.9 Å². The quantitative estimate of drug-likeness (QED) is 0.821. The number of hydrogen-bond donors (Lipinski definition) is 1. The second-order valence-corrected chi connectivity index (χ2v) is 8.08. The fraction of sp³-hybridized carbons (Fsp3) is 0.556. The number of esters is 1. The highest BCUT2D eigenvalue weighted by molar-refractivity contribution is 7.20. The molecule has 0 spiro atoms. The highest BCUT2D eigenvalue weighted by Crippen LogP contribution is 2.50. The lowest BCUT2D eigenvalue weighted by Crippen LogP contribution is -2.35. The van der Waals surface area contributed by atoms with Crippen molar-refractivity contribution < 1.29 is 19.4 Å². The van der Waals surface area contributed by atoms with Gasteiger partial charge >= 0.3 is 11.9 Å². The Morgan fingerprint density at radius 3 is 2.96 bits per heavy atom. The summed E-state index contributed by atoms with van der Waals surface area (Å²) in [6, 6.07) is 0. The Hall–Kier alpha value is -2.22. The summed E-state index contributed by atoms with van der Waals surface area (Å²) in [6.45, 7) is 5.12. The van der Waals surface area contributed by atoms with Crippen LogP contribution in [0.5, 0.6) is 0 Å². The number of ether oxygens (including phenoxy) is 1. The second-order valence-electron chi connectivity index (χ2n) is 7.09. The Morgan fingerprint density at radius 1 is 1.46 bits per heavy atom. The largest absolute Gasteiger partial charge is 0.481 e. The Balaban J connectivity index is 1.76. The summed E-state index contributed by atoms with van der Waals surface area (Å²) < 4.78 is 5.14. The number of hydrogen-bond acceptors (Lipinski definition) is 7. The average molecular weight is 375 g/mol. The molecule has 8 heteroatoms. The van der Waals surface area contributed by atoms with Crippen molar-refractivity contribution in [2.24, 2.45) is 11.3 Å². The smallest absolute Gasteiger partial charge is 0.348 e. The molecule has 1 aliphatic carbocycles. The third-order valence-corrected chi connectivity index (χ3v) is 6.94. The number of carboxylic acid groups (broad SMARTS) is 1. The molecule has 3 heterocycles. The first kappa shape index (κ1) is 17.2. The van der Waals surface area contributed by atoms with Crippen LogP contribution in [0.1, 0.15) is 41.4 Å². The molecule has 0 radical (unpaired) electrons. The first-order chi connectivity index (χ1) is 12.5. The Labute approximate surface area is 155 Å². The fourth-order valence-corrected chi connectivity index (χ4v) is 5.52. The lowest BCUT2D eigenvalue weighted by Gasteiger charge is -2.24. The molecule has 2 aliphatic rings. The number of carbonyl (C=O) groups is 2. The number of aromatic nitrogens is 2. The molecular formula is C18H21N3O4S. The summed E-state index contributed by atoms with van der Waals surface area (Å²) in [7, 11) is 0.